The number of aromatic nitrogens is 1. The number of hydrogen-bond acceptors (Lipinski definition) is 2. The van der Waals surface area contributed by atoms with Crippen LogP contribution in [0.3, 0.4) is 0 Å². The Morgan fingerprint density at radius 3 is 1.89 bits per heavy atom. The number of halogens is 6. The third-order valence-corrected chi connectivity index (χ3v) is 2.62. The lowest BCUT2D eigenvalue weighted by Crippen LogP contribution is -2.06. The van der Waals surface area contributed by atoms with Gasteiger partial charge in [0, 0.05) is 10.7 Å². The minimum atomic E-state index is -2.20. The zero-order valence-electron chi connectivity index (χ0n) is 8.95. The van der Waals surface area contributed by atoms with E-state index in [1.54, 1.807) is 0 Å². The van der Waals surface area contributed by atoms with E-state index in [9.17, 15) is 22.0 Å². The second-order valence-electron chi connectivity index (χ2n) is 3.46. The minimum absolute atomic E-state index is 0.0672. The van der Waals surface area contributed by atoms with E-state index in [4.69, 9.17) is 0 Å². The maximum absolute atomic E-state index is 13.4. The van der Waals surface area contributed by atoms with E-state index in [1.165, 1.54) is 18.5 Å². The Balaban J connectivity index is 2.52. The van der Waals surface area contributed by atoms with Gasteiger partial charge in [-0.3, -0.25) is 4.98 Å². The summed E-state index contributed by atoms with van der Waals surface area (Å²) in [5, 5.41) is 2.10. The molecule has 2 nitrogen and oxygen atoms in total. The molecule has 0 unspecified atom stereocenters. The first-order valence-electron chi connectivity index (χ1n) is 4.80. The van der Waals surface area contributed by atoms with Crippen LogP contribution in [0.25, 0.3) is 0 Å². The molecule has 2 rings (SSSR count). The highest BCUT2D eigenvalue weighted by molar-refractivity contribution is 9.10. The number of nitrogens with zero attached hydrogens (tertiary/aromatic N) is 1. The van der Waals surface area contributed by atoms with E-state index in [1.807, 2.05) is 0 Å². The van der Waals surface area contributed by atoms with Gasteiger partial charge in [0.25, 0.3) is 0 Å². The van der Waals surface area contributed by atoms with Gasteiger partial charge in [0.15, 0.2) is 23.3 Å². The van der Waals surface area contributed by atoms with Gasteiger partial charge in [-0.05, 0) is 22.0 Å². The van der Waals surface area contributed by atoms with Crippen molar-refractivity contribution in [3.8, 4) is 0 Å². The highest BCUT2D eigenvalue weighted by Crippen LogP contribution is 2.29. The quantitative estimate of drug-likeness (QED) is 0.502. The fourth-order valence-electron chi connectivity index (χ4n) is 1.34. The number of pyridine rings is 1. The molecule has 0 aliphatic rings. The summed E-state index contributed by atoms with van der Waals surface area (Å²) < 4.78 is 66.0. The van der Waals surface area contributed by atoms with Crippen molar-refractivity contribution in [2.45, 2.75) is 0 Å². The van der Waals surface area contributed by atoms with E-state index in [2.05, 4.69) is 26.2 Å². The Morgan fingerprint density at radius 1 is 0.842 bits per heavy atom. The van der Waals surface area contributed by atoms with Crippen LogP contribution >= 0.6 is 15.9 Å². The lowest BCUT2D eigenvalue weighted by Gasteiger charge is -2.10. The Labute approximate surface area is 112 Å². The molecule has 0 aliphatic carbocycles. The van der Waals surface area contributed by atoms with E-state index >= 15 is 0 Å². The van der Waals surface area contributed by atoms with Crippen LogP contribution in [0.4, 0.5) is 33.3 Å². The van der Waals surface area contributed by atoms with Gasteiger partial charge < -0.3 is 5.32 Å². The number of hydrogen-bond donors (Lipinski definition) is 1. The molecule has 0 saturated carbocycles. The fourth-order valence-corrected chi connectivity index (χ4v) is 1.70. The van der Waals surface area contributed by atoms with E-state index in [-0.39, 0.29) is 5.69 Å². The monoisotopic (exact) mass is 338 g/mol. The van der Waals surface area contributed by atoms with Crippen molar-refractivity contribution in [1.82, 2.24) is 4.98 Å². The Bertz CT molecular complexity index is 618. The first-order valence-corrected chi connectivity index (χ1v) is 5.60. The maximum Gasteiger partial charge on any atom is 0.200 e. The van der Waals surface area contributed by atoms with Crippen LogP contribution in [0.5, 0.6) is 0 Å². The van der Waals surface area contributed by atoms with Crippen molar-refractivity contribution < 1.29 is 22.0 Å². The molecule has 1 aromatic heterocycles. The van der Waals surface area contributed by atoms with Gasteiger partial charge in [-0.15, -0.1) is 0 Å². The van der Waals surface area contributed by atoms with Gasteiger partial charge in [0.2, 0.25) is 5.82 Å². The molecule has 0 fully saturated rings. The summed E-state index contributed by atoms with van der Waals surface area (Å²) in [6.45, 7) is 0. The summed E-state index contributed by atoms with van der Waals surface area (Å²) >= 11 is 3.05. The number of anilines is 2. The van der Waals surface area contributed by atoms with Gasteiger partial charge in [0.1, 0.15) is 5.69 Å². The number of rotatable bonds is 2. The third kappa shape index (κ3) is 2.53. The van der Waals surface area contributed by atoms with Crippen molar-refractivity contribution in [1.29, 1.82) is 0 Å². The number of nitrogens with one attached hydrogen (secondary N) is 1. The third-order valence-electron chi connectivity index (χ3n) is 2.18. The zero-order valence-corrected chi connectivity index (χ0v) is 10.5. The standard InChI is InChI=1S/C11H4BrF5N2/c12-4-1-5(3-18-2-4)19-11-9(16)7(14)6(13)8(15)10(11)17/h1-3,19H. The van der Waals surface area contributed by atoms with Gasteiger partial charge in [-0.2, -0.15) is 0 Å². The van der Waals surface area contributed by atoms with Crippen molar-refractivity contribution in [3.63, 3.8) is 0 Å². The largest absolute Gasteiger partial charge is 0.349 e. The van der Waals surface area contributed by atoms with Crippen molar-refractivity contribution in [2.75, 3.05) is 5.32 Å². The molecule has 2 aromatic rings. The Hall–Kier alpha value is -1.70. The molecule has 0 amide bonds. The molecule has 0 spiro atoms. The predicted molar refractivity (Wildman–Crippen MR) is 61.5 cm³/mol. The van der Waals surface area contributed by atoms with Gasteiger partial charge in [-0.25, -0.2) is 22.0 Å². The molecule has 1 N–H and O–H groups in total. The van der Waals surface area contributed by atoms with Crippen LogP contribution in [0.15, 0.2) is 22.9 Å². The average molecular weight is 339 g/mol. The second kappa shape index (κ2) is 5.12. The molecule has 1 heterocycles. The molecule has 19 heavy (non-hydrogen) atoms. The number of benzene rings is 1. The van der Waals surface area contributed by atoms with Crippen molar-refractivity contribution >= 4 is 27.3 Å². The van der Waals surface area contributed by atoms with Crippen molar-refractivity contribution in [3.05, 3.63) is 52.0 Å². The molecular formula is C11H4BrF5N2. The molecule has 0 bridgehead atoms. The van der Waals surface area contributed by atoms with Crippen LogP contribution in [0.1, 0.15) is 0 Å². The molecule has 0 atom stereocenters. The summed E-state index contributed by atoms with van der Waals surface area (Å²) in [5.41, 5.74) is -1.06. The van der Waals surface area contributed by atoms with Crippen LogP contribution in [0, 0.1) is 29.1 Å². The maximum atomic E-state index is 13.4. The van der Waals surface area contributed by atoms with E-state index in [0.717, 1.165) is 0 Å². The van der Waals surface area contributed by atoms with Crippen LogP contribution < -0.4 is 5.32 Å². The molecular weight excluding hydrogens is 335 g/mol. The molecule has 0 saturated heterocycles. The molecule has 0 aliphatic heterocycles. The Kier molecular flexibility index (Phi) is 3.70. The smallest absolute Gasteiger partial charge is 0.200 e. The normalized spacial score (nSPS) is 10.6. The van der Waals surface area contributed by atoms with Crippen LogP contribution in [-0.2, 0) is 0 Å². The van der Waals surface area contributed by atoms with Crippen molar-refractivity contribution in [2.24, 2.45) is 0 Å². The van der Waals surface area contributed by atoms with Gasteiger partial charge in [-0.1, -0.05) is 0 Å². The van der Waals surface area contributed by atoms with Crippen LogP contribution in [0.2, 0.25) is 0 Å². The molecule has 100 valence electrons. The summed E-state index contributed by atoms with van der Waals surface area (Å²) in [6.07, 6.45) is 2.56. The summed E-state index contributed by atoms with van der Waals surface area (Å²) in [7, 11) is 0. The van der Waals surface area contributed by atoms with E-state index < -0.39 is 34.8 Å². The molecule has 1 aromatic carbocycles. The van der Waals surface area contributed by atoms with Gasteiger partial charge >= 0.3 is 0 Å². The first kappa shape index (κ1) is 13.7. The summed E-state index contributed by atoms with van der Waals surface area (Å²) in [5.74, 6) is -10.1. The fraction of sp³-hybridized carbons (Fsp3) is 0. The lowest BCUT2D eigenvalue weighted by molar-refractivity contribution is 0.382. The lowest BCUT2D eigenvalue weighted by atomic mass is 10.2. The second-order valence-corrected chi connectivity index (χ2v) is 4.38. The SMILES string of the molecule is Fc1c(F)c(F)c(Nc2cncc(Br)c2)c(F)c1F. The Morgan fingerprint density at radius 2 is 1.37 bits per heavy atom. The molecule has 8 heteroatoms. The first-order chi connectivity index (χ1) is 8.91. The zero-order chi connectivity index (χ0) is 14.2. The van der Waals surface area contributed by atoms with Gasteiger partial charge in [0.05, 0.1) is 11.9 Å². The summed E-state index contributed by atoms with van der Waals surface area (Å²) in [4.78, 5) is 3.69. The highest BCUT2D eigenvalue weighted by Gasteiger charge is 2.25. The predicted octanol–water partition coefficient (Wildman–Crippen LogP) is 4.28. The van der Waals surface area contributed by atoms with E-state index in [0.29, 0.717) is 4.47 Å². The molecule has 0 radical (unpaired) electrons. The highest BCUT2D eigenvalue weighted by atomic mass is 79.9. The average Bonchev–Trinajstić information content (AvgIpc) is 2.39. The van der Waals surface area contributed by atoms with Crippen LogP contribution in [-0.4, -0.2) is 4.98 Å². The summed E-state index contributed by atoms with van der Waals surface area (Å²) in [6, 6.07) is 1.37. The topological polar surface area (TPSA) is 24.9 Å². The minimum Gasteiger partial charge on any atom is -0.349 e.